The number of hydrogen-bond acceptors (Lipinski definition) is 3. The van der Waals surface area contributed by atoms with Crippen LogP contribution in [0.1, 0.15) is 19.4 Å². The third-order valence-corrected chi connectivity index (χ3v) is 2.22. The smallest absolute Gasteiger partial charge is 0.416 e. The third kappa shape index (κ3) is 3.06. The summed E-state index contributed by atoms with van der Waals surface area (Å²) in [4.78, 5) is 10.8. The third-order valence-electron chi connectivity index (χ3n) is 2.22. The van der Waals surface area contributed by atoms with E-state index >= 15 is 0 Å². The predicted molar refractivity (Wildman–Crippen MR) is 58.2 cm³/mol. The molecule has 0 aliphatic rings. The molecule has 0 heterocycles. The van der Waals surface area contributed by atoms with Crippen LogP contribution in [0.2, 0.25) is 0 Å². The number of rotatable bonds is 3. The van der Waals surface area contributed by atoms with Crippen LogP contribution in [0.4, 0.5) is 18.9 Å². The second kappa shape index (κ2) is 4.40. The quantitative estimate of drug-likeness (QED) is 0.822. The van der Waals surface area contributed by atoms with E-state index in [-0.39, 0.29) is 11.4 Å². The first-order chi connectivity index (χ1) is 8.04. The number of aliphatic carboxylic acids is 1. The Hall–Kier alpha value is -1.92. The van der Waals surface area contributed by atoms with Gasteiger partial charge in [-0.2, -0.15) is 13.2 Å². The topological polar surface area (TPSA) is 72.5 Å². The zero-order chi connectivity index (χ0) is 14.1. The molecule has 7 heteroatoms. The molecule has 0 fully saturated rings. The molecular formula is C11H12F3NO3. The average molecular weight is 263 g/mol. The Bertz CT molecular complexity index is 469. The Morgan fingerprint density at radius 1 is 1.33 bits per heavy atom. The molecule has 100 valence electrons. The van der Waals surface area contributed by atoms with E-state index in [1.165, 1.54) is 13.8 Å². The molecule has 1 aromatic rings. The Labute approximate surface area is 101 Å². The summed E-state index contributed by atoms with van der Waals surface area (Å²) in [5.74, 6) is -1.35. The van der Waals surface area contributed by atoms with Crippen LogP contribution in [0.3, 0.4) is 0 Å². The summed E-state index contributed by atoms with van der Waals surface area (Å²) in [6.45, 7) is 2.54. The molecular weight excluding hydrogens is 251 g/mol. The van der Waals surface area contributed by atoms with Crippen LogP contribution < -0.4 is 10.5 Å². The lowest BCUT2D eigenvalue weighted by Crippen LogP contribution is -2.38. The van der Waals surface area contributed by atoms with Gasteiger partial charge in [0.2, 0.25) is 0 Å². The highest BCUT2D eigenvalue weighted by molar-refractivity contribution is 5.77. The molecule has 0 aliphatic carbocycles. The van der Waals surface area contributed by atoms with E-state index < -0.39 is 23.3 Å². The van der Waals surface area contributed by atoms with Gasteiger partial charge >= 0.3 is 12.1 Å². The van der Waals surface area contributed by atoms with E-state index in [1.807, 2.05) is 0 Å². The first-order valence-corrected chi connectivity index (χ1v) is 4.93. The van der Waals surface area contributed by atoms with Gasteiger partial charge in [-0.25, -0.2) is 4.79 Å². The van der Waals surface area contributed by atoms with Crippen molar-refractivity contribution >= 4 is 11.7 Å². The molecule has 3 N–H and O–H groups in total. The molecule has 0 aliphatic heterocycles. The van der Waals surface area contributed by atoms with Crippen molar-refractivity contribution in [2.75, 3.05) is 5.73 Å². The van der Waals surface area contributed by atoms with Crippen molar-refractivity contribution in [1.82, 2.24) is 0 Å². The number of hydrogen-bond donors (Lipinski definition) is 2. The van der Waals surface area contributed by atoms with Crippen LogP contribution in [0, 0.1) is 0 Å². The van der Waals surface area contributed by atoms with Crippen LogP contribution >= 0.6 is 0 Å². The highest BCUT2D eigenvalue weighted by Gasteiger charge is 2.33. The van der Waals surface area contributed by atoms with E-state index in [1.54, 1.807) is 0 Å². The average Bonchev–Trinajstić information content (AvgIpc) is 2.19. The van der Waals surface area contributed by atoms with Crippen LogP contribution in [0.15, 0.2) is 18.2 Å². The number of carboxylic acids is 1. The molecule has 0 saturated carbocycles. The van der Waals surface area contributed by atoms with Crippen LogP contribution in [0.5, 0.6) is 5.75 Å². The van der Waals surface area contributed by atoms with Crippen molar-refractivity contribution in [2.24, 2.45) is 0 Å². The maximum absolute atomic E-state index is 12.4. The van der Waals surface area contributed by atoms with Crippen LogP contribution in [-0.4, -0.2) is 16.7 Å². The fraction of sp³-hybridized carbons (Fsp3) is 0.364. The number of nitrogen functional groups attached to an aromatic ring is 1. The van der Waals surface area contributed by atoms with Gasteiger partial charge in [0.25, 0.3) is 0 Å². The van der Waals surface area contributed by atoms with Crippen molar-refractivity contribution in [3.05, 3.63) is 23.8 Å². The Balaban J connectivity index is 3.04. The number of carbonyl (C=O) groups is 1. The van der Waals surface area contributed by atoms with Gasteiger partial charge in [-0.15, -0.1) is 0 Å². The van der Waals surface area contributed by atoms with Gasteiger partial charge in [0.1, 0.15) is 5.75 Å². The van der Waals surface area contributed by atoms with Crippen molar-refractivity contribution in [1.29, 1.82) is 0 Å². The van der Waals surface area contributed by atoms with Gasteiger partial charge in [0.05, 0.1) is 11.3 Å². The summed E-state index contributed by atoms with van der Waals surface area (Å²) >= 11 is 0. The van der Waals surface area contributed by atoms with E-state index in [0.29, 0.717) is 6.07 Å². The monoisotopic (exact) mass is 263 g/mol. The number of benzene rings is 1. The second-order valence-electron chi connectivity index (χ2n) is 4.17. The Morgan fingerprint density at radius 2 is 1.89 bits per heavy atom. The zero-order valence-electron chi connectivity index (χ0n) is 9.71. The number of anilines is 1. The number of carboxylic acid groups (broad SMARTS) is 1. The molecule has 4 nitrogen and oxygen atoms in total. The second-order valence-corrected chi connectivity index (χ2v) is 4.17. The largest absolute Gasteiger partial charge is 0.478 e. The Kier molecular flexibility index (Phi) is 3.45. The van der Waals surface area contributed by atoms with E-state index in [4.69, 9.17) is 15.6 Å². The summed E-state index contributed by atoms with van der Waals surface area (Å²) in [6.07, 6.45) is -4.50. The minimum atomic E-state index is -4.50. The molecule has 0 atom stereocenters. The van der Waals surface area contributed by atoms with E-state index in [9.17, 15) is 18.0 Å². The standard InChI is InChI=1S/C11H12F3NO3/c1-10(2,9(16)17)18-8-4-3-6(5-7(8)15)11(12,13)14/h3-5H,15H2,1-2H3,(H,16,17). The van der Waals surface area contributed by atoms with Crippen molar-refractivity contribution in [3.8, 4) is 5.75 Å². The van der Waals surface area contributed by atoms with Crippen LogP contribution in [-0.2, 0) is 11.0 Å². The van der Waals surface area contributed by atoms with Gasteiger partial charge in [-0.05, 0) is 32.0 Å². The molecule has 0 amide bonds. The summed E-state index contributed by atoms with van der Waals surface area (Å²) in [7, 11) is 0. The molecule has 1 aromatic carbocycles. The number of alkyl halides is 3. The van der Waals surface area contributed by atoms with Gasteiger partial charge in [-0.3, -0.25) is 0 Å². The molecule has 0 unspecified atom stereocenters. The van der Waals surface area contributed by atoms with Gasteiger partial charge in [0, 0.05) is 0 Å². The molecule has 0 spiro atoms. The zero-order valence-corrected chi connectivity index (χ0v) is 9.71. The molecule has 0 aromatic heterocycles. The van der Waals surface area contributed by atoms with Crippen LogP contribution in [0.25, 0.3) is 0 Å². The van der Waals surface area contributed by atoms with Gasteiger partial charge in [0.15, 0.2) is 5.60 Å². The SMILES string of the molecule is CC(C)(Oc1ccc(C(F)(F)F)cc1N)C(=O)O. The maximum atomic E-state index is 12.4. The molecule has 0 radical (unpaired) electrons. The fourth-order valence-electron chi connectivity index (χ4n) is 1.14. The fourth-order valence-corrected chi connectivity index (χ4v) is 1.14. The summed E-state index contributed by atoms with van der Waals surface area (Å²) in [6, 6.07) is 2.49. The first-order valence-electron chi connectivity index (χ1n) is 4.93. The molecule has 0 saturated heterocycles. The first kappa shape index (κ1) is 14.1. The predicted octanol–water partition coefficient (Wildman–Crippen LogP) is 2.53. The lowest BCUT2D eigenvalue weighted by molar-refractivity contribution is -0.152. The summed E-state index contributed by atoms with van der Waals surface area (Å²) in [5, 5.41) is 8.83. The number of nitrogens with two attached hydrogens (primary N) is 1. The normalized spacial score (nSPS) is 12.3. The number of ether oxygens (including phenoxy) is 1. The van der Waals surface area contributed by atoms with Crippen molar-refractivity contribution < 1.29 is 27.8 Å². The Morgan fingerprint density at radius 3 is 2.28 bits per heavy atom. The molecule has 18 heavy (non-hydrogen) atoms. The van der Waals surface area contributed by atoms with Gasteiger partial charge in [-0.1, -0.05) is 0 Å². The van der Waals surface area contributed by atoms with Crippen molar-refractivity contribution in [2.45, 2.75) is 25.6 Å². The lowest BCUT2D eigenvalue weighted by Gasteiger charge is -2.22. The summed E-state index contributed by atoms with van der Waals surface area (Å²) in [5.41, 5.74) is 2.65. The minimum Gasteiger partial charge on any atom is -0.478 e. The minimum absolute atomic E-state index is 0.101. The van der Waals surface area contributed by atoms with E-state index in [0.717, 1.165) is 12.1 Å². The highest BCUT2D eigenvalue weighted by Crippen LogP contribution is 2.34. The highest BCUT2D eigenvalue weighted by atomic mass is 19.4. The van der Waals surface area contributed by atoms with E-state index in [2.05, 4.69) is 0 Å². The lowest BCUT2D eigenvalue weighted by atomic mass is 10.1. The van der Waals surface area contributed by atoms with Crippen molar-refractivity contribution in [3.63, 3.8) is 0 Å². The molecule has 0 bridgehead atoms. The summed E-state index contributed by atoms with van der Waals surface area (Å²) < 4.78 is 42.2. The van der Waals surface area contributed by atoms with Gasteiger partial charge < -0.3 is 15.6 Å². The number of halogens is 3. The maximum Gasteiger partial charge on any atom is 0.416 e. The molecule has 1 rings (SSSR count).